The van der Waals surface area contributed by atoms with Crippen molar-refractivity contribution in [2.45, 2.75) is 24.7 Å². The number of aliphatic hydroxyl groups excluding tert-OH is 1. The maximum absolute atomic E-state index is 11.1. The average molecular weight is 256 g/mol. The normalized spacial score (nSPS) is 15.2. The van der Waals surface area contributed by atoms with E-state index in [4.69, 9.17) is 14.8 Å². The number of carboxylic acids is 1. The second kappa shape index (κ2) is 5.77. The van der Waals surface area contributed by atoms with Crippen LogP contribution in [0.4, 0.5) is 0 Å². The van der Waals surface area contributed by atoms with Crippen LogP contribution >= 0.6 is 0 Å². The summed E-state index contributed by atoms with van der Waals surface area (Å²) < 4.78 is 34.3. The third kappa shape index (κ3) is 5.63. The summed E-state index contributed by atoms with van der Waals surface area (Å²) in [6, 6.07) is 0. The lowest BCUT2D eigenvalue weighted by molar-refractivity contribution is -0.149. The standard InChI is InChI=1S/C7H12O8S/c1-4(8)3-15-7(11)5(2-6(9)10)16(12,13)14/h4-5,8H,2-3H2,1H3,(H,9,10)(H,12,13,14). The van der Waals surface area contributed by atoms with E-state index >= 15 is 0 Å². The molecule has 0 saturated carbocycles. The van der Waals surface area contributed by atoms with Gasteiger partial charge in [-0.05, 0) is 6.92 Å². The number of aliphatic carboxylic acids is 1. The van der Waals surface area contributed by atoms with E-state index in [0.29, 0.717) is 0 Å². The molecular weight excluding hydrogens is 244 g/mol. The highest BCUT2D eigenvalue weighted by atomic mass is 32.2. The average Bonchev–Trinajstić information content (AvgIpc) is 2.08. The van der Waals surface area contributed by atoms with Crippen LogP contribution in [0.15, 0.2) is 0 Å². The highest BCUT2D eigenvalue weighted by Gasteiger charge is 2.35. The van der Waals surface area contributed by atoms with Crippen LogP contribution in [0.25, 0.3) is 0 Å². The number of aliphatic hydroxyl groups is 1. The molecule has 0 saturated heterocycles. The molecule has 16 heavy (non-hydrogen) atoms. The van der Waals surface area contributed by atoms with Crippen LogP contribution in [0.5, 0.6) is 0 Å². The quantitative estimate of drug-likeness (QED) is 0.391. The van der Waals surface area contributed by atoms with E-state index in [0.717, 1.165) is 0 Å². The Kier molecular flexibility index (Phi) is 5.35. The molecule has 94 valence electrons. The molecule has 0 aliphatic carbocycles. The zero-order chi connectivity index (χ0) is 12.9. The zero-order valence-corrected chi connectivity index (χ0v) is 9.18. The van der Waals surface area contributed by atoms with Gasteiger partial charge in [-0.25, -0.2) is 0 Å². The molecule has 0 rings (SSSR count). The van der Waals surface area contributed by atoms with Crippen LogP contribution < -0.4 is 0 Å². The molecule has 8 nitrogen and oxygen atoms in total. The van der Waals surface area contributed by atoms with Crippen molar-refractivity contribution in [2.75, 3.05) is 6.61 Å². The lowest BCUT2D eigenvalue weighted by Crippen LogP contribution is -2.35. The van der Waals surface area contributed by atoms with Crippen molar-refractivity contribution in [2.24, 2.45) is 0 Å². The van der Waals surface area contributed by atoms with Crippen molar-refractivity contribution in [3.8, 4) is 0 Å². The summed E-state index contributed by atoms with van der Waals surface area (Å²) >= 11 is 0. The Balaban J connectivity index is 4.65. The SMILES string of the molecule is CC(O)COC(=O)C(CC(=O)O)S(=O)(=O)O. The summed E-state index contributed by atoms with van der Waals surface area (Å²) in [5.41, 5.74) is 0. The molecular formula is C7H12O8S. The van der Waals surface area contributed by atoms with Crippen molar-refractivity contribution < 1.29 is 37.5 Å². The van der Waals surface area contributed by atoms with Gasteiger partial charge in [-0.1, -0.05) is 0 Å². The molecule has 0 fully saturated rings. The van der Waals surface area contributed by atoms with E-state index < -0.39 is 46.4 Å². The van der Waals surface area contributed by atoms with Crippen LogP contribution in [0.3, 0.4) is 0 Å². The number of carbonyl (C=O) groups excluding carboxylic acids is 1. The van der Waals surface area contributed by atoms with Crippen molar-refractivity contribution in [3.63, 3.8) is 0 Å². The van der Waals surface area contributed by atoms with E-state index in [2.05, 4.69) is 4.74 Å². The van der Waals surface area contributed by atoms with Crippen LogP contribution in [0, 0.1) is 0 Å². The summed E-state index contributed by atoms with van der Waals surface area (Å²) in [7, 11) is -4.84. The van der Waals surface area contributed by atoms with Gasteiger partial charge in [0.25, 0.3) is 10.1 Å². The topological polar surface area (TPSA) is 138 Å². The molecule has 0 aromatic rings. The number of carbonyl (C=O) groups is 2. The lowest BCUT2D eigenvalue weighted by atomic mass is 10.3. The number of carboxylic acid groups (broad SMARTS) is 1. The molecule has 0 amide bonds. The smallest absolute Gasteiger partial charge is 0.327 e. The number of esters is 1. The molecule has 0 aromatic heterocycles. The van der Waals surface area contributed by atoms with E-state index in [-0.39, 0.29) is 0 Å². The van der Waals surface area contributed by atoms with Crippen LogP contribution in [0.2, 0.25) is 0 Å². The Hall–Kier alpha value is -1.19. The zero-order valence-electron chi connectivity index (χ0n) is 8.36. The van der Waals surface area contributed by atoms with E-state index in [1.165, 1.54) is 6.92 Å². The molecule has 0 aliphatic rings. The van der Waals surface area contributed by atoms with E-state index in [1.807, 2.05) is 0 Å². The van der Waals surface area contributed by atoms with Crippen LogP contribution in [0.1, 0.15) is 13.3 Å². The lowest BCUT2D eigenvalue weighted by Gasteiger charge is -2.12. The summed E-state index contributed by atoms with van der Waals surface area (Å²) in [5.74, 6) is -2.98. The van der Waals surface area contributed by atoms with Gasteiger partial charge in [0.05, 0.1) is 12.5 Å². The minimum atomic E-state index is -4.84. The van der Waals surface area contributed by atoms with Gasteiger partial charge >= 0.3 is 11.9 Å². The predicted molar refractivity (Wildman–Crippen MR) is 50.2 cm³/mol. The van der Waals surface area contributed by atoms with Crippen molar-refractivity contribution in [3.05, 3.63) is 0 Å². The molecule has 0 aromatic carbocycles. The van der Waals surface area contributed by atoms with Gasteiger partial charge in [0.1, 0.15) is 6.61 Å². The van der Waals surface area contributed by atoms with Gasteiger partial charge in [0, 0.05) is 0 Å². The first-order chi connectivity index (χ1) is 7.14. The molecule has 3 N–H and O–H groups in total. The first-order valence-corrected chi connectivity index (χ1v) is 5.67. The minimum Gasteiger partial charge on any atom is -0.481 e. The maximum Gasteiger partial charge on any atom is 0.327 e. The minimum absolute atomic E-state index is 0.482. The van der Waals surface area contributed by atoms with Gasteiger partial charge < -0.3 is 14.9 Å². The van der Waals surface area contributed by atoms with E-state index in [9.17, 15) is 18.0 Å². The van der Waals surface area contributed by atoms with Crippen molar-refractivity contribution >= 4 is 22.1 Å². The number of rotatable bonds is 6. The molecule has 0 aliphatic heterocycles. The monoisotopic (exact) mass is 256 g/mol. The van der Waals surface area contributed by atoms with Crippen LogP contribution in [-0.2, 0) is 24.4 Å². The summed E-state index contributed by atoms with van der Waals surface area (Å²) in [6.45, 7) is 0.803. The summed E-state index contributed by atoms with van der Waals surface area (Å²) in [4.78, 5) is 21.4. The fourth-order valence-corrected chi connectivity index (χ4v) is 1.43. The number of ether oxygens (including phenoxy) is 1. The Bertz CT molecular complexity index is 357. The van der Waals surface area contributed by atoms with Crippen LogP contribution in [-0.4, -0.2) is 53.1 Å². The predicted octanol–water partition coefficient (Wildman–Crippen LogP) is -1.36. The summed E-state index contributed by atoms with van der Waals surface area (Å²) in [6.07, 6.45) is -2.12. The maximum atomic E-state index is 11.1. The Morgan fingerprint density at radius 1 is 1.38 bits per heavy atom. The Morgan fingerprint density at radius 2 is 1.88 bits per heavy atom. The first kappa shape index (κ1) is 14.8. The molecule has 0 heterocycles. The Labute approximate surface area is 91.6 Å². The fourth-order valence-electron chi connectivity index (χ4n) is 0.765. The molecule has 2 unspecified atom stereocenters. The second-order valence-corrected chi connectivity index (χ2v) is 4.68. The first-order valence-electron chi connectivity index (χ1n) is 4.17. The molecule has 0 radical (unpaired) electrons. The Morgan fingerprint density at radius 3 is 2.19 bits per heavy atom. The summed E-state index contributed by atoms with van der Waals surface area (Å²) in [5, 5.41) is 14.9. The van der Waals surface area contributed by atoms with Gasteiger partial charge in [-0.15, -0.1) is 0 Å². The van der Waals surface area contributed by atoms with Crippen molar-refractivity contribution in [1.82, 2.24) is 0 Å². The van der Waals surface area contributed by atoms with E-state index in [1.54, 1.807) is 0 Å². The number of hydrogen-bond acceptors (Lipinski definition) is 6. The number of hydrogen-bond donors (Lipinski definition) is 3. The molecule has 2 atom stereocenters. The molecule has 0 spiro atoms. The van der Waals surface area contributed by atoms with Gasteiger partial charge in [-0.2, -0.15) is 8.42 Å². The second-order valence-electron chi connectivity index (χ2n) is 3.08. The molecule has 9 heteroatoms. The van der Waals surface area contributed by atoms with Gasteiger partial charge in [-0.3, -0.25) is 14.1 Å². The molecule has 0 bridgehead atoms. The highest BCUT2D eigenvalue weighted by molar-refractivity contribution is 7.87. The fraction of sp³-hybridized carbons (Fsp3) is 0.714. The van der Waals surface area contributed by atoms with Gasteiger partial charge in [0.2, 0.25) is 0 Å². The third-order valence-corrected chi connectivity index (χ3v) is 2.53. The largest absolute Gasteiger partial charge is 0.481 e. The third-order valence-electron chi connectivity index (χ3n) is 1.45. The van der Waals surface area contributed by atoms with Crippen molar-refractivity contribution in [1.29, 1.82) is 0 Å². The highest BCUT2D eigenvalue weighted by Crippen LogP contribution is 2.07. The van der Waals surface area contributed by atoms with Gasteiger partial charge in [0.15, 0.2) is 5.25 Å².